The van der Waals surface area contributed by atoms with Gasteiger partial charge in [0.2, 0.25) is 5.91 Å². The van der Waals surface area contributed by atoms with Gasteiger partial charge in [0, 0.05) is 30.1 Å². The summed E-state index contributed by atoms with van der Waals surface area (Å²) in [5.41, 5.74) is 11.3. The van der Waals surface area contributed by atoms with Crippen molar-refractivity contribution in [3.05, 3.63) is 89.2 Å². The zero-order valence-corrected chi connectivity index (χ0v) is 24.1. The number of carbonyl (C=O) groups is 2. The van der Waals surface area contributed by atoms with Gasteiger partial charge < -0.3 is 25.5 Å². The molecular formula is C32H39N5O3. The van der Waals surface area contributed by atoms with E-state index in [1.165, 1.54) is 0 Å². The molecule has 4 rings (SSSR count). The number of hydrogen-bond acceptors (Lipinski definition) is 5. The molecule has 210 valence electrons. The molecule has 0 saturated carbocycles. The van der Waals surface area contributed by atoms with Crippen LogP contribution in [0.1, 0.15) is 54.7 Å². The Balaban J connectivity index is 1.51. The number of carbonyl (C=O) groups excluding carboxylic acids is 2. The number of aryl methyl sites for hydroxylation is 2. The van der Waals surface area contributed by atoms with Gasteiger partial charge in [-0.05, 0) is 88.9 Å². The molecule has 0 fully saturated rings. The number of imidazole rings is 1. The van der Waals surface area contributed by atoms with E-state index in [0.717, 1.165) is 39.3 Å². The van der Waals surface area contributed by atoms with Crippen molar-refractivity contribution in [1.82, 2.24) is 20.0 Å². The Bertz CT molecular complexity index is 1500. The highest BCUT2D eigenvalue weighted by Gasteiger charge is 2.23. The van der Waals surface area contributed by atoms with E-state index in [0.29, 0.717) is 12.0 Å². The molecule has 1 atom stereocenters. The largest absolute Gasteiger partial charge is 0.491 e. The minimum absolute atomic E-state index is 0.0429. The second kappa shape index (κ2) is 11.9. The van der Waals surface area contributed by atoms with Gasteiger partial charge in [-0.25, -0.2) is 4.98 Å². The van der Waals surface area contributed by atoms with Crippen molar-refractivity contribution in [2.75, 3.05) is 6.54 Å². The summed E-state index contributed by atoms with van der Waals surface area (Å²) < 4.78 is 7.83. The first-order valence-electron chi connectivity index (χ1n) is 13.6. The fourth-order valence-corrected chi connectivity index (χ4v) is 4.45. The second-order valence-electron chi connectivity index (χ2n) is 11.2. The third-order valence-electron chi connectivity index (χ3n) is 6.64. The molecule has 0 bridgehead atoms. The molecule has 8 nitrogen and oxygen atoms in total. The van der Waals surface area contributed by atoms with Gasteiger partial charge in [0.1, 0.15) is 11.4 Å². The summed E-state index contributed by atoms with van der Waals surface area (Å²) in [5, 5.41) is 5.98. The molecule has 2 aromatic heterocycles. The van der Waals surface area contributed by atoms with Gasteiger partial charge in [-0.2, -0.15) is 0 Å². The van der Waals surface area contributed by atoms with E-state index < -0.39 is 5.54 Å². The Labute approximate surface area is 236 Å². The van der Waals surface area contributed by atoms with Crippen LogP contribution in [-0.4, -0.2) is 45.4 Å². The summed E-state index contributed by atoms with van der Waals surface area (Å²) in [4.78, 5) is 30.5. The number of nitrogens with zero attached hydrogens (tertiary/aromatic N) is 2. The fraction of sp³-hybridized carbons (Fsp3) is 0.344. The number of amides is 2. The lowest BCUT2D eigenvalue weighted by molar-refractivity contribution is -0.125. The highest BCUT2D eigenvalue weighted by molar-refractivity contribution is 5.95. The zero-order chi connectivity index (χ0) is 29.0. The first-order chi connectivity index (χ1) is 18.9. The number of pyridine rings is 1. The standard InChI is InChI=1S/C32H39N5O3/c1-20(2)40-28-14-13-25(16-22(28)4)30(38)35-26(18-34-31(39)32(5,6)33)17-23-9-11-24(12-10-23)27-19-37-15-7-8-21(3)29(37)36-27/h7-16,19-20,26H,17-18,33H2,1-6H3,(H,34,39)(H,35,38)/t26-/m0/s1. The molecular weight excluding hydrogens is 502 g/mol. The van der Waals surface area contributed by atoms with Gasteiger partial charge in [0.05, 0.1) is 23.4 Å². The predicted octanol–water partition coefficient (Wildman–Crippen LogP) is 4.60. The molecule has 4 aromatic rings. The van der Waals surface area contributed by atoms with Crippen molar-refractivity contribution >= 4 is 17.5 Å². The third-order valence-corrected chi connectivity index (χ3v) is 6.64. The smallest absolute Gasteiger partial charge is 0.251 e. The average molecular weight is 542 g/mol. The van der Waals surface area contributed by atoms with Crippen LogP contribution < -0.4 is 21.1 Å². The maximum atomic E-state index is 13.2. The maximum absolute atomic E-state index is 13.2. The maximum Gasteiger partial charge on any atom is 0.251 e. The molecule has 0 saturated heterocycles. The van der Waals surface area contributed by atoms with Crippen LogP contribution in [0.3, 0.4) is 0 Å². The molecule has 0 aliphatic rings. The van der Waals surface area contributed by atoms with Crippen LogP contribution in [-0.2, 0) is 11.2 Å². The fourth-order valence-electron chi connectivity index (χ4n) is 4.45. The molecule has 0 unspecified atom stereocenters. The number of fused-ring (bicyclic) bond motifs is 1. The van der Waals surface area contributed by atoms with Crippen molar-refractivity contribution < 1.29 is 14.3 Å². The summed E-state index contributed by atoms with van der Waals surface area (Å²) in [6.45, 7) is 11.4. The Morgan fingerprint density at radius 3 is 2.40 bits per heavy atom. The molecule has 2 aromatic carbocycles. The predicted molar refractivity (Wildman–Crippen MR) is 159 cm³/mol. The van der Waals surface area contributed by atoms with Crippen molar-refractivity contribution in [1.29, 1.82) is 0 Å². The average Bonchev–Trinajstić information content (AvgIpc) is 3.33. The quantitative estimate of drug-likeness (QED) is 0.272. The second-order valence-corrected chi connectivity index (χ2v) is 11.2. The van der Waals surface area contributed by atoms with Crippen LogP contribution in [0, 0.1) is 13.8 Å². The Kier molecular flexibility index (Phi) is 8.59. The van der Waals surface area contributed by atoms with Crippen molar-refractivity contribution in [2.24, 2.45) is 5.73 Å². The summed E-state index contributed by atoms with van der Waals surface area (Å²) in [6.07, 6.45) is 4.57. The Morgan fingerprint density at radius 1 is 1.05 bits per heavy atom. The van der Waals surface area contributed by atoms with Crippen LogP contribution in [0.15, 0.2) is 67.0 Å². The molecule has 4 N–H and O–H groups in total. The molecule has 0 spiro atoms. The van der Waals surface area contributed by atoms with Crippen molar-refractivity contribution in [3.8, 4) is 17.0 Å². The zero-order valence-electron chi connectivity index (χ0n) is 24.1. The van der Waals surface area contributed by atoms with E-state index in [4.69, 9.17) is 15.5 Å². The number of nitrogens with two attached hydrogens (primary N) is 1. The third kappa shape index (κ3) is 7.07. The number of rotatable bonds is 10. The topological polar surface area (TPSA) is 111 Å². The normalized spacial score (nSPS) is 12.4. The van der Waals surface area contributed by atoms with Gasteiger partial charge in [-0.15, -0.1) is 0 Å². The van der Waals surface area contributed by atoms with E-state index in [1.807, 2.05) is 93.0 Å². The van der Waals surface area contributed by atoms with Gasteiger partial charge in [-0.3, -0.25) is 9.59 Å². The van der Waals surface area contributed by atoms with Crippen LogP contribution in [0.5, 0.6) is 5.75 Å². The molecule has 2 amide bonds. The van der Waals surface area contributed by atoms with Crippen molar-refractivity contribution in [3.63, 3.8) is 0 Å². The molecule has 8 heteroatoms. The summed E-state index contributed by atoms with van der Waals surface area (Å²) in [5.74, 6) is 0.249. The number of ether oxygens (including phenoxy) is 1. The Hall–Kier alpha value is -4.17. The Morgan fingerprint density at radius 2 is 1.77 bits per heavy atom. The van der Waals surface area contributed by atoms with Crippen molar-refractivity contribution in [2.45, 2.75) is 65.6 Å². The summed E-state index contributed by atoms with van der Waals surface area (Å²) >= 11 is 0. The van der Waals surface area contributed by atoms with Crippen LogP contribution in [0.2, 0.25) is 0 Å². The minimum atomic E-state index is -1.02. The van der Waals surface area contributed by atoms with Gasteiger partial charge in [-0.1, -0.05) is 30.3 Å². The first-order valence-corrected chi connectivity index (χ1v) is 13.6. The van der Waals surface area contributed by atoms with E-state index in [-0.39, 0.29) is 30.5 Å². The molecule has 0 aliphatic carbocycles. The first kappa shape index (κ1) is 28.8. The molecule has 0 aliphatic heterocycles. The molecule has 0 radical (unpaired) electrons. The lowest BCUT2D eigenvalue weighted by atomic mass is 10.0. The van der Waals surface area contributed by atoms with E-state index in [9.17, 15) is 9.59 Å². The minimum Gasteiger partial charge on any atom is -0.491 e. The van der Waals surface area contributed by atoms with Crippen LogP contribution in [0.25, 0.3) is 16.9 Å². The van der Waals surface area contributed by atoms with Gasteiger partial charge >= 0.3 is 0 Å². The SMILES string of the molecule is Cc1cc(C(=O)N[C@H](CNC(=O)C(C)(C)N)Cc2ccc(-c3cn4cccc(C)c4n3)cc2)ccc1OC(C)C. The van der Waals surface area contributed by atoms with E-state index in [2.05, 4.69) is 10.6 Å². The number of nitrogens with one attached hydrogen (secondary N) is 2. The van der Waals surface area contributed by atoms with Gasteiger partial charge in [0.25, 0.3) is 5.91 Å². The lowest BCUT2D eigenvalue weighted by Gasteiger charge is -2.23. The number of benzene rings is 2. The number of aromatic nitrogens is 2. The highest BCUT2D eigenvalue weighted by Crippen LogP contribution is 2.23. The highest BCUT2D eigenvalue weighted by atomic mass is 16.5. The van der Waals surface area contributed by atoms with Gasteiger partial charge in [0.15, 0.2) is 0 Å². The van der Waals surface area contributed by atoms with Crippen LogP contribution in [0.4, 0.5) is 0 Å². The lowest BCUT2D eigenvalue weighted by Crippen LogP contribution is -2.53. The molecule has 40 heavy (non-hydrogen) atoms. The molecule has 2 heterocycles. The van der Waals surface area contributed by atoms with Crippen LogP contribution >= 0.6 is 0 Å². The summed E-state index contributed by atoms with van der Waals surface area (Å²) in [7, 11) is 0. The van der Waals surface area contributed by atoms with E-state index >= 15 is 0 Å². The number of hydrogen-bond donors (Lipinski definition) is 3. The summed E-state index contributed by atoms with van der Waals surface area (Å²) in [6, 6.07) is 17.2. The monoisotopic (exact) mass is 541 g/mol. The van der Waals surface area contributed by atoms with E-state index in [1.54, 1.807) is 19.9 Å².